The lowest BCUT2D eigenvalue weighted by molar-refractivity contribution is -0.126. The van der Waals surface area contributed by atoms with Gasteiger partial charge in [-0.05, 0) is 24.3 Å². The van der Waals surface area contributed by atoms with Crippen LogP contribution in [0.2, 0.25) is 5.02 Å². The Hall–Kier alpha value is -2.33. The van der Waals surface area contributed by atoms with Gasteiger partial charge in [0.05, 0.1) is 10.9 Å². The van der Waals surface area contributed by atoms with Crippen molar-refractivity contribution in [3.8, 4) is 11.3 Å². The third-order valence-electron chi connectivity index (χ3n) is 4.97. The van der Waals surface area contributed by atoms with Crippen LogP contribution in [0.15, 0.2) is 44.0 Å². The first kappa shape index (κ1) is 21.4. The molecular weight excluding hydrogens is 388 g/mol. The van der Waals surface area contributed by atoms with Crippen molar-refractivity contribution in [3.05, 3.63) is 57.3 Å². The zero-order chi connectivity index (χ0) is 21.6. The lowest BCUT2D eigenvalue weighted by Crippen LogP contribution is -2.20. The molecule has 0 atom stereocenters. The second-order valence-corrected chi connectivity index (χ2v) is 9.90. The summed E-state index contributed by atoms with van der Waals surface area (Å²) in [4.78, 5) is 25.1. The monoisotopic (exact) mass is 414 g/mol. The number of carbonyl (C=O) groups is 1. The maximum absolute atomic E-state index is 12.6. The van der Waals surface area contributed by atoms with Gasteiger partial charge in [0.2, 0.25) is 0 Å². The molecule has 29 heavy (non-hydrogen) atoms. The molecule has 0 saturated heterocycles. The number of Topliss-reactive ketones (excluding diaryl/α,β-unsaturated/α-hetero) is 1. The second-order valence-electron chi connectivity index (χ2n) is 9.46. The summed E-state index contributed by atoms with van der Waals surface area (Å²) in [7, 11) is 0. The first-order chi connectivity index (χ1) is 13.4. The van der Waals surface area contributed by atoms with Crippen LogP contribution in [0.3, 0.4) is 0 Å². The van der Waals surface area contributed by atoms with Gasteiger partial charge in [0, 0.05) is 34.1 Å². The molecule has 0 radical (unpaired) electrons. The Morgan fingerprint density at radius 3 is 2.24 bits per heavy atom. The maximum atomic E-state index is 12.6. The van der Waals surface area contributed by atoms with E-state index in [-0.39, 0.29) is 17.6 Å². The average Bonchev–Trinajstić information content (AvgIpc) is 3.09. The van der Waals surface area contributed by atoms with E-state index in [0.29, 0.717) is 39.3 Å². The molecule has 0 spiro atoms. The van der Waals surface area contributed by atoms with Crippen LogP contribution >= 0.6 is 11.6 Å². The molecule has 154 valence electrons. The Bertz CT molecular complexity index is 1120. The van der Waals surface area contributed by atoms with Crippen LogP contribution in [0.4, 0.5) is 0 Å². The summed E-state index contributed by atoms with van der Waals surface area (Å²) in [5.74, 6) is 2.01. The molecule has 3 rings (SSSR count). The highest BCUT2D eigenvalue weighted by Crippen LogP contribution is 2.36. The van der Waals surface area contributed by atoms with Crippen LogP contribution in [-0.2, 0) is 16.6 Å². The Kier molecular flexibility index (Phi) is 5.52. The quantitative estimate of drug-likeness (QED) is 0.485. The van der Waals surface area contributed by atoms with Gasteiger partial charge in [-0.3, -0.25) is 4.79 Å². The third kappa shape index (κ3) is 4.48. The standard InChI is InChI=1S/C24H27ClO4/c1-23(2,3)19(26)11-9-18-21(17-10-12-20(28-17)24(4,5)6)15-8-7-14(25)13-16(15)22(27)29-18/h7-8,10,12-13H,9,11H2,1-6H3. The fourth-order valence-corrected chi connectivity index (χ4v) is 3.37. The highest BCUT2D eigenvalue weighted by Gasteiger charge is 2.25. The van der Waals surface area contributed by atoms with E-state index in [1.807, 2.05) is 32.9 Å². The Balaban J connectivity index is 2.19. The Morgan fingerprint density at radius 1 is 0.966 bits per heavy atom. The molecular formula is C24H27ClO4. The summed E-state index contributed by atoms with van der Waals surface area (Å²) < 4.78 is 11.8. The number of benzene rings is 1. The fourth-order valence-electron chi connectivity index (χ4n) is 3.20. The van der Waals surface area contributed by atoms with E-state index in [4.69, 9.17) is 20.4 Å². The van der Waals surface area contributed by atoms with Gasteiger partial charge >= 0.3 is 5.63 Å². The highest BCUT2D eigenvalue weighted by atomic mass is 35.5. The van der Waals surface area contributed by atoms with Crippen molar-refractivity contribution in [1.82, 2.24) is 0 Å². The summed E-state index contributed by atoms with van der Waals surface area (Å²) in [5, 5.41) is 1.56. The number of rotatable bonds is 4. The summed E-state index contributed by atoms with van der Waals surface area (Å²) in [6.45, 7) is 11.9. The van der Waals surface area contributed by atoms with Gasteiger partial charge in [-0.2, -0.15) is 0 Å². The van der Waals surface area contributed by atoms with Crippen molar-refractivity contribution in [2.24, 2.45) is 5.41 Å². The number of furan rings is 1. The van der Waals surface area contributed by atoms with Crippen molar-refractivity contribution in [2.75, 3.05) is 0 Å². The molecule has 3 aromatic rings. The number of hydrogen-bond acceptors (Lipinski definition) is 4. The molecule has 0 saturated carbocycles. The summed E-state index contributed by atoms with van der Waals surface area (Å²) in [5.41, 5.74) is -0.370. The summed E-state index contributed by atoms with van der Waals surface area (Å²) in [6, 6.07) is 8.97. The SMILES string of the molecule is CC(C)(C)C(=O)CCc1oc(=O)c2cc(Cl)ccc2c1-c1ccc(C(C)(C)C)o1. The normalized spacial score (nSPS) is 12.5. The number of aryl methyl sites for hydroxylation is 1. The van der Waals surface area contributed by atoms with E-state index < -0.39 is 11.0 Å². The molecule has 0 aliphatic carbocycles. The highest BCUT2D eigenvalue weighted by molar-refractivity contribution is 6.31. The van der Waals surface area contributed by atoms with Gasteiger partial charge in [-0.25, -0.2) is 4.79 Å². The first-order valence-corrected chi connectivity index (χ1v) is 10.1. The van der Waals surface area contributed by atoms with E-state index in [9.17, 15) is 9.59 Å². The van der Waals surface area contributed by atoms with Crippen LogP contribution < -0.4 is 5.63 Å². The predicted octanol–water partition coefficient (Wildman–Crippen LogP) is 6.55. The van der Waals surface area contributed by atoms with Gasteiger partial charge < -0.3 is 8.83 Å². The Morgan fingerprint density at radius 2 is 1.66 bits per heavy atom. The minimum atomic E-state index is -0.466. The average molecular weight is 415 g/mol. The van der Waals surface area contributed by atoms with Crippen molar-refractivity contribution >= 4 is 28.2 Å². The third-order valence-corrected chi connectivity index (χ3v) is 5.21. The van der Waals surface area contributed by atoms with Crippen molar-refractivity contribution in [3.63, 3.8) is 0 Å². The number of carbonyl (C=O) groups excluding carboxylic acids is 1. The molecule has 0 N–H and O–H groups in total. The number of hydrogen-bond donors (Lipinski definition) is 0. The zero-order valence-electron chi connectivity index (χ0n) is 17.8. The van der Waals surface area contributed by atoms with Gasteiger partial charge in [0.1, 0.15) is 23.1 Å². The predicted molar refractivity (Wildman–Crippen MR) is 117 cm³/mol. The van der Waals surface area contributed by atoms with E-state index in [1.165, 1.54) is 0 Å². The molecule has 5 heteroatoms. The van der Waals surface area contributed by atoms with Crippen LogP contribution in [0.25, 0.3) is 22.1 Å². The summed E-state index contributed by atoms with van der Waals surface area (Å²) in [6.07, 6.45) is 0.607. The number of halogens is 1. The van der Waals surface area contributed by atoms with Crippen molar-refractivity contribution < 1.29 is 13.6 Å². The molecule has 1 aromatic carbocycles. The van der Waals surface area contributed by atoms with Crippen LogP contribution in [-0.4, -0.2) is 5.78 Å². The topological polar surface area (TPSA) is 60.4 Å². The van der Waals surface area contributed by atoms with Gasteiger partial charge in [-0.1, -0.05) is 59.2 Å². The molecule has 2 aromatic heterocycles. The van der Waals surface area contributed by atoms with Gasteiger partial charge in [0.15, 0.2) is 0 Å². The number of ketones is 1. The van der Waals surface area contributed by atoms with E-state index in [0.717, 1.165) is 5.76 Å². The summed E-state index contributed by atoms with van der Waals surface area (Å²) >= 11 is 6.10. The first-order valence-electron chi connectivity index (χ1n) is 9.77. The van der Waals surface area contributed by atoms with Gasteiger partial charge in [-0.15, -0.1) is 0 Å². The number of fused-ring (bicyclic) bond motifs is 1. The smallest absolute Gasteiger partial charge is 0.343 e. The van der Waals surface area contributed by atoms with Crippen molar-refractivity contribution in [1.29, 1.82) is 0 Å². The van der Waals surface area contributed by atoms with Crippen LogP contribution in [0.1, 0.15) is 59.5 Å². The zero-order valence-corrected chi connectivity index (χ0v) is 18.6. The Labute approximate surface area is 175 Å². The maximum Gasteiger partial charge on any atom is 0.343 e. The largest absolute Gasteiger partial charge is 0.460 e. The van der Waals surface area contributed by atoms with Crippen molar-refractivity contribution in [2.45, 2.75) is 59.8 Å². The second kappa shape index (κ2) is 7.49. The van der Waals surface area contributed by atoms with Gasteiger partial charge in [0.25, 0.3) is 0 Å². The molecule has 4 nitrogen and oxygen atoms in total. The van der Waals surface area contributed by atoms with Crippen LogP contribution in [0, 0.1) is 5.41 Å². The molecule has 0 aliphatic rings. The lowest BCUT2D eigenvalue weighted by Gasteiger charge is -2.17. The minimum Gasteiger partial charge on any atom is -0.460 e. The molecule has 0 unspecified atom stereocenters. The lowest BCUT2D eigenvalue weighted by atomic mass is 9.87. The van der Waals surface area contributed by atoms with E-state index in [1.54, 1.807) is 18.2 Å². The molecule has 0 bridgehead atoms. The molecule has 0 aliphatic heterocycles. The minimum absolute atomic E-state index is 0.108. The molecule has 0 amide bonds. The van der Waals surface area contributed by atoms with E-state index in [2.05, 4.69) is 20.8 Å². The van der Waals surface area contributed by atoms with Crippen LogP contribution in [0.5, 0.6) is 0 Å². The molecule has 2 heterocycles. The molecule has 0 fully saturated rings. The fraction of sp³-hybridized carbons (Fsp3) is 0.417. The van der Waals surface area contributed by atoms with E-state index >= 15 is 0 Å².